The maximum absolute atomic E-state index is 12.2. The number of carbonyl (C=O) groups excluding carboxylic acids is 4. The first-order valence-corrected chi connectivity index (χ1v) is 9.21. The lowest BCUT2D eigenvalue weighted by Gasteiger charge is -2.12. The number of rotatable bonds is 8. The van der Waals surface area contributed by atoms with Gasteiger partial charge in [-0.05, 0) is 45.0 Å². The van der Waals surface area contributed by atoms with Gasteiger partial charge in [-0.2, -0.15) is 0 Å². The number of nitrogens with one attached hydrogen (secondary N) is 1. The van der Waals surface area contributed by atoms with Gasteiger partial charge in [0.25, 0.3) is 5.91 Å². The van der Waals surface area contributed by atoms with E-state index in [1.807, 2.05) is 19.0 Å². The third kappa shape index (κ3) is 5.25. The van der Waals surface area contributed by atoms with Crippen LogP contribution in [0, 0.1) is 6.92 Å². The second-order valence-electron chi connectivity index (χ2n) is 6.58. The average Bonchev–Trinajstić information content (AvgIpc) is 3.02. The number of ether oxygens (including phenoxy) is 2. The highest BCUT2D eigenvalue weighted by Gasteiger charge is 2.28. The van der Waals surface area contributed by atoms with Crippen molar-refractivity contribution in [3.05, 3.63) is 46.7 Å². The van der Waals surface area contributed by atoms with Crippen LogP contribution in [-0.2, 0) is 14.3 Å². The van der Waals surface area contributed by atoms with Gasteiger partial charge in [0.1, 0.15) is 11.3 Å². The van der Waals surface area contributed by atoms with Gasteiger partial charge in [0.05, 0.1) is 17.7 Å². The van der Waals surface area contributed by atoms with Crippen LogP contribution in [0.25, 0.3) is 0 Å². The number of benzene rings is 1. The van der Waals surface area contributed by atoms with Crippen molar-refractivity contribution in [3.63, 3.8) is 0 Å². The Kier molecular flexibility index (Phi) is 7.35. The monoisotopic (exact) mass is 416 g/mol. The van der Waals surface area contributed by atoms with Gasteiger partial charge < -0.3 is 18.8 Å². The van der Waals surface area contributed by atoms with Crippen molar-refractivity contribution < 1.29 is 33.1 Å². The van der Waals surface area contributed by atoms with Gasteiger partial charge in [0, 0.05) is 19.8 Å². The molecule has 0 bridgehead atoms. The second kappa shape index (κ2) is 9.73. The van der Waals surface area contributed by atoms with Crippen LogP contribution in [0.15, 0.2) is 28.7 Å². The number of furan rings is 1. The number of aryl methyl sites for hydroxylation is 1. The molecule has 0 atom stereocenters. The Morgan fingerprint density at radius 2 is 1.63 bits per heavy atom. The van der Waals surface area contributed by atoms with E-state index in [0.717, 1.165) is 5.69 Å². The number of ketones is 1. The third-order valence-corrected chi connectivity index (χ3v) is 4.12. The minimum atomic E-state index is -0.798. The van der Waals surface area contributed by atoms with Crippen LogP contribution >= 0.6 is 0 Å². The molecule has 30 heavy (non-hydrogen) atoms. The highest BCUT2D eigenvalue weighted by Crippen LogP contribution is 2.28. The standard InChI is InChI=1S/C21H24N2O7/c1-6-28-21(27)18-17(12(2)24)13(3)30-19(18)22-16(25)11-29-20(26)14-7-9-15(10-8-14)23(4)5/h7-10H,6,11H2,1-5H3,(H,22,25). The molecule has 1 aromatic carbocycles. The number of anilines is 2. The highest BCUT2D eigenvalue weighted by molar-refractivity contribution is 6.10. The molecule has 0 saturated carbocycles. The van der Waals surface area contributed by atoms with Crippen LogP contribution in [-0.4, -0.2) is 50.9 Å². The van der Waals surface area contributed by atoms with Gasteiger partial charge in [0.15, 0.2) is 12.4 Å². The van der Waals surface area contributed by atoms with E-state index in [2.05, 4.69) is 5.32 Å². The van der Waals surface area contributed by atoms with Gasteiger partial charge in [-0.3, -0.25) is 14.9 Å². The molecule has 160 valence electrons. The van der Waals surface area contributed by atoms with Crippen molar-refractivity contribution in [2.75, 3.05) is 37.5 Å². The lowest BCUT2D eigenvalue weighted by atomic mass is 10.1. The van der Waals surface area contributed by atoms with Crippen LogP contribution in [0.2, 0.25) is 0 Å². The summed E-state index contributed by atoms with van der Waals surface area (Å²) in [6.07, 6.45) is 0. The van der Waals surface area contributed by atoms with Gasteiger partial charge in [-0.25, -0.2) is 9.59 Å². The largest absolute Gasteiger partial charge is 0.462 e. The third-order valence-electron chi connectivity index (χ3n) is 4.12. The number of hydrogen-bond donors (Lipinski definition) is 1. The van der Waals surface area contributed by atoms with E-state index in [-0.39, 0.29) is 34.9 Å². The molecule has 0 radical (unpaired) electrons. The van der Waals surface area contributed by atoms with Crippen molar-refractivity contribution in [2.24, 2.45) is 0 Å². The highest BCUT2D eigenvalue weighted by atomic mass is 16.5. The molecule has 2 aromatic rings. The van der Waals surface area contributed by atoms with Gasteiger partial charge >= 0.3 is 11.9 Å². The van der Waals surface area contributed by atoms with Gasteiger partial charge in [-0.15, -0.1) is 0 Å². The normalized spacial score (nSPS) is 10.3. The predicted octanol–water partition coefficient (Wildman–Crippen LogP) is 2.83. The van der Waals surface area contributed by atoms with Crippen LogP contribution in [0.5, 0.6) is 0 Å². The number of hydrogen-bond acceptors (Lipinski definition) is 8. The zero-order valence-corrected chi connectivity index (χ0v) is 17.5. The van der Waals surface area contributed by atoms with Crippen molar-refractivity contribution in [3.8, 4) is 0 Å². The van der Waals surface area contributed by atoms with Crippen LogP contribution in [0.4, 0.5) is 11.6 Å². The molecule has 1 heterocycles. The van der Waals surface area contributed by atoms with Gasteiger partial charge in [-0.1, -0.05) is 0 Å². The Bertz CT molecular complexity index is 958. The van der Waals surface area contributed by atoms with Crippen LogP contribution in [0.1, 0.15) is 50.7 Å². The molecular formula is C21H24N2O7. The number of esters is 2. The van der Waals surface area contributed by atoms with Crippen molar-refractivity contribution in [1.29, 1.82) is 0 Å². The molecule has 0 fully saturated rings. The summed E-state index contributed by atoms with van der Waals surface area (Å²) >= 11 is 0. The van der Waals surface area contributed by atoms with Crippen LogP contribution < -0.4 is 10.2 Å². The molecular weight excluding hydrogens is 392 g/mol. The Balaban J connectivity index is 2.09. The Hall–Kier alpha value is -3.62. The summed E-state index contributed by atoms with van der Waals surface area (Å²) in [5.41, 5.74) is 1.06. The minimum absolute atomic E-state index is 0.0294. The summed E-state index contributed by atoms with van der Waals surface area (Å²) in [5, 5.41) is 2.35. The topological polar surface area (TPSA) is 115 Å². The summed E-state index contributed by atoms with van der Waals surface area (Å²) in [4.78, 5) is 50.4. The zero-order valence-electron chi connectivity index (χ0n) is 17.5. The van der Waals surface area contributed by atoms with Crippen LogP contribution in [0.3, 0.4) is 0 Å². The molecule has 1 N–H and O–H groups in total. The van der Waals surface area contributed by atoms with Crippen molar-refractivity contribution in [1.82, 2.24) is 0 Å². The SMILES string of the molecule is CCOC(=O)c1c(NC(=O)COC(=O)c2ccc(N(C)C)cc2)oc(C)c1C(C)=O. The Labute approximate surface area is 173 Å². The number of amides is 1. The quantitative estimate of drug-likeness (QED) is 0.516. The number of carbonyl (C=O) groups is 4. The lowest BCUT2D eigenvalue weighted by Crippen LogP contribution is -2.22. The molecule has 0 aliphatic rings. The first kappa shape index (κ1) is 22.7. The van der Waals surface area contributed by atoms with E-state index in [4.69, 9.17) is 13.9 Å². The summed E-state index contributed by atoms with van der Waals surface area (Å²) in [6, 6.07) is 6.67. The Morgan fingerprint density at radius 1 is 1.00 bits per heavy atom. The average molecular weight is 416 g/mol. The lowest BCUT2D eigenvalue weighted by molar-refractivity contribution is -0.119. The fourth-order valence-corrected chi connectivity index (χ4v) is 2.73. The fourth-order valence-electron chi connectivity index (χ4n) is 2.73. The fraction of sp³-hybridized carbons (Fsp3) is 0.333. The first-order chi connectivity index (χ1) is 14.1. The van der Waals surface area contributed by atoms with Gasteiger partial charge in [0.2, 0.25) is 5.88 Å². The van der Waals surface area contributed by atoms with E-state index in [9.17, 15) is 19.2 Å². The smallest absolute Gasteiger partial charge is 0.344 e. The summed E-state index contributed by atoms with van der Waals surface area (Å²) in [5.74, 6) is -2.68. The molecule has 0 aliphatic heterocycles. The first-order valence-electron chi connectivity index (χ1n) is 9.21. The molecule has 0 unspecified atom stereocenters. The molecule has 2 rings (SSSR count). The maximum Gasteiger partial charge on any atom is 0.344 e. The molecule has 9 heteroatoms. The van der Waals surface area contributed by atoms with E-state index in [1.54, 1.807) is 31.2 Å². The van der Waals surface area contributed by atoms with E-state index in [0.29, 0.717) is 0 Å². The molecule has 0 aliphatic carbocycles. The second-order valence-corrected chi connectivity index (χ2v) is 6.58. The predicted molar refractivity (Wildman–Crippen MR) is 109 cm³/mol. The van der Waals surface area contributed by atoms with Crippen molar-refractivity contribution in [2.45, 2.75) is 20.8 Å². The van der Waals surface area contributed by atoms with E-state index in [1.165, 1.54) is 13.8 Å². The Morgan fingerprint density at radius 3 is 2.17 bits per heavy atom. The maximum atomic E-state index is 12.2. The summed E-state index contributed by atoms with van der Waals surface area (Å²) < 4.78 is 15.3. The molecule has 9 nitrogen and oxygen atoms in total. The molecule has 1 aromatic heterocycles. The molecule has 1 amide bonds. The molecule has 0 saturated heterocycles. The molecule has 0 spiro atoms. The van der Waals surface area contributed by atoms with E-state index >= 15 is 0 Å². The summed E-state index contributed by atoms with van der Waals surface area (Å²) in [7, 11) is 3.74. The minimum Gasteiger partial charge on any atom is -0.462 e. The summed E-state index contributed by atoms with van der Waals surface area (Å²) in [6.45, 7) is 3.85. The number of Topliss-reactive ketones (excluding diaryl/α,β-unsaturated/α-hetero) is 1. The number of nitrogens with zero attached hydrogens (tertiary/aromatic N) is 1. The zero-order chi connectivity index (χ0) is 22.4. The van der Waals surface area contributed by atoms with E-state index < -0.39 is 30.2 Å². The van der Waals surface area contributed by atoms with Crippen molar-refractivity contribution >= 4 is 35.2 Å².